The quantitative estimate of drug-likeness (QED) is 0.771. The molecule has 1 saturated heterocycles. The molecule has 5 heteroatoms. The Kier molecular flexibility index (Phi) is 3.21. The van der Waals surface area contributed by atoms with Crippen LogP contribution >= 0.6 is 0 Å². The monoisotopic (exact) mass is 215 g/mol. The fraction of sp³-hybridized carbons (Fsp3) is 0.800. The summed E-state index contributed by atoms with van der Waals surface area (Å²) in [6, 6.07) is 0. The number of amides is 1. The summed E-state index contributed by atoms with van der Waals surface area (Å²) in [5.41, 5.74) is -1.44. The second-order valence-corrected chi connectivity index (χ2v) is 4.28. The van der Waals surface area contributed by atoms with Crippen molar-refractivity contribution in [1.82, 2.24) is 4.90 Å². The SMILES string of the molecule is CC(C)C(C)(OC(=O)N1CCC1)C(=O)O. The highest BCUT2D eigenvalue weighted by Crippen LogP contribution is 2.24. The number of nitrogens with zero attached hydrogens (tertiary/aromatic N) is 1. The summed E-state index contributed by atoms with van der Waals surface area (Å²) in [4.78, 5) is 24.0. The number of carbonyl (C=O) groups is 2. The van der Waals surface area contributed by atoms with Gasteiger partial charge in [0.15, 0.2) is 0 Å². The van der Waals surface area contributed by atoms with Crippen LogP contribution in [0.25, 0.3) is 0 Å². The smallest absolute Gasteiger partial charge is 0.410 e. The van der Waals surface area contributed by atoms with Crippen LogP contribution in [0.2, 0.25) is 0 Å². The molecule has 0 aromatic rings. The van der Waals surface area contributed by atoms with Crippen molar-refractivity contribution in [2.24, 2.45) is 5.92 Å². The topological polar surface area (TPSA) is 66.8 Å². The number of hydrogen-bond donors (Lipinski definition) is 1. The lowest BCUT2D eigenvalue weighted by Crippen LogP contribution is -2.51. The summed E-state index contributed by atoms with van der Waals surface area (Å²) >= 11 is 0. The molecule has 1 unspecified atom stereocenters. The van der Waals surface area contributed by atoms with Crippen molar-refractivity contribution in [1.29, 1.82) is 0 Å². The molecule has 0 saturated carbocycles. The standard InChI is InChI=1S/C10H17NO4/c1-7(2)10(3,8(12)13)15-9(14)11-5-4-6-11/h7H,4-6H2,1-3H3,(H,12,13). The number of carbonyl (C=O) groups excluding carboxylic acids is 1. The summed E-state index contributed by atoms with van der Waals surface area (Å²) in [6.45, 7) is 6.19. The van der Waals surface area contributed by atoms with Gasteiger partial charge in [-0.1, -0.05) is 13.8 Å². The number of likely N-dealkylation sites (tertiary alicyclic amines) is 1. The van der Waals surface area contributed by atoms with Crippen molar-refractivity contribution in [3.8, 4) is 0 Å². The average Bonchev–Trinajstić information content (AvgIpc) is 1.99. The van der Waals surface area contributed by atoms with Gasteiger partial charge in [0.05, 0.1) is 0 Å². The molecule has 1 rings (SSSR count). The Hall–Kier alpha value is -1.26. The highest BCUT2D eigenvalue weighted by Gasteiger charge is 2.42. The number of ether oxygens (including phenoxy) is 1. The predicted octanol–water partition coefficient (Wildman–Crippen LogP) is 1.33. The molecule has 1 fully saturated rings. The van der Waals surface area contributed by atoms with Gasteiger partial charge in [0, 0.05) is 19.0 Å². The van der Waals surface area contributed by atoms with Crippen LogP contribution in [0.3, 0.4) is 0 Å². The van der Waals surface area contributed by atoms with E-state index in [-0.39, 0.29) is 5.92 Å². The van der Waals surface area contributed by atoms with Crippen molar-refractivity contribution in [3.05, 3.63) is 0 Å². The van der Waals surface area contributed by atoms with Crippen LogP contribution in [0.4, 0.5) is 4.79 Å². The van der Waals surface area contributed by atoms with Gasteiger partial charge in [-0.05, 0) is 13.3 Å². The molecule has 1 amide bonds. The third kappa shape index (κ3) is 2.22. The highest BCUT2D eigenvalue weighted by atomic mass is 16.6. The minimum atomic E-state index is -1.44. The number of rotatable bonds is 3. The number of carboxylic acids is 1. The lowest BCUT2D eigenvalue weighted by Gasteiger charge is -2.35. The van der Waals surface area contributed by atoms with Crippen LogP contribution in [0.1, 0.15) is 27.2 Å². The first-order valence-corrected chi connectivity index (χ1v) is 5.09. The molecule has 0 bridgehead atoms. The summed E-state index contributed by atoms with van der Waals surface area (Å²) in [5.74, 6) is -1.37. The lowest BCUT2D eigenvalue weighted by atomic mass is 9.92. The molecule has 0 aromatic heterocycles. The zero-order valence-corrected chi connectivity index (χ0v) is 9.32. The maximum Gasteiger partial charge on any atom is 0.410 e. The van der Waals surface area contributed by atoms with Gasteiger partial charge in [-0.25, -0.2) is 9.59 Å². The molecule has 0 aromatic carbocycles. The fourth-order valence-electron chi connectivity index (χ4n) is 1.15. The van der Waals surface area contributed by atoms with Gasteiger partial charge < -0.3 is 14.7 Å². The van der Waals surface area contributed by atoms with Crippen LogP contribution in [0.15, 0.2) is 0 Å². The van der Waals surface area contributed by atoms with Gasteiger partial charge in [0.25, 0.3) is 0 Å². The molecule has 1 aliphatic rings. The Morgan fingerprint density at radius 2 is 1.93 bits per heavy atom. The summed E-state index contributed by atoms with van der Waals surface area (Å²) in [6.07, 6.45) is 0.431. The summed E-state index contributed by atoms with van der Waals surface area (Å²) < 4.78 is 5.05. The molecule has 5 nitrogen and oxygen atoms in total. The second kappa shape index (κ2) is 4.08. The normalized spacial score (nSPS) is 19.3. The Morgan fingerprint density at radius 1 is 1.40 bits per heavy atom. The van der Waals surface area contributed by atoms with Gasteiger partial charge in [0.1, 0.15) is 0 Å². The molecule has 1 aliphatic heterocycles. The third-order valence-corrected chi connectivity index (χ3v) is 2.94. The van der Waals surface area contributed by atoms with Crippen LogP contribution in [0.5, 0.6) is 0 Å². The van der Waals surface area contributed by atoms with E-state index in [4.69, 9.17) is 9.84 Å². The average molecular weight is 215 g/mol. The van der Waals surface area contributed by atoms with Crippen LogP contribution < -0.4 is 0 Å². The van der Waals surface area contributed by atoms with E-state index in [1.165, 1.54) is 11.8 Å². The van der Waals surface area contributed by atoms with E-state index in [1.54, 1.807) is 13.8 Å². The molecular formula is C10H17NO4. The van der Waals surface area contributed by atoms with E-state index in [1.807, 2.05) is 0 Å². The first kappa shape index (κ1) is 11.8. The highest BCUT2D eigenvalue weighted by molar-refractivity contribution is 5.81. The summed E-state index contributed by atoms with van der Waals surface area (Å²) in [5, 5.41) is 9.03. The Morgan fingerprint density at radius 3 is 2.20 bits per heavy atom. The van der Waals surface area contributed by atoms with Crippen molar-refractivity contribution in [3.63, 3.8) is 0 Å². The van der Waals surface area contributed by atoms with Crippen molar-refractivity contribution < 1.29 is 19.4 Å². The van der Waals surface area contributed by atoms with Crippen LogP contribution in [0, 0.1) is 5.92 Å². The minimum absolute atomic E-state index is 0.264. The molecule has 15 heavy (non-hydrogen) atoms. The maximum absolute atomic E-state index is 11.5. The van der Waals surface area contributed by atoms with E-state index in [0.29, 0.717) is 13.1 Å². The first-order chi connectivity index (χ1) is 6.88. The van der Waals surface area contributed by atoms with E-state index >= 15 is 0 Å². The van der Waals surface area contributed by atoms with Crippen molar-refractivity contribution in [2.45, 2.75) is 32.8 Å². The van der Waals surface area contributed by atoms with Gasteiger partial charge in [-0.15, -0.1) is 0 Å². The van der Waals surface area contributed by atoms with Gasteiger partial charge in [0.2, 0.25) is 5.60 Å². The molecule has 1 heterocycles. The van der Waals surface area contributed by atoms with E-state index in [0.717, 1.165) is 6.42 Å². The molecule has 0 aliphatic carbocycles. The Bertz CT molecular complexity index is 273. The molecular weight excluding hydrogens is 198 g/mol. The number of aliphatic carboxylic acids is 1. The Labute approximate surface area is 89.0 Å². The minimum Gasteiger partial charge on any atom is -0.478 e. The molecule has 0 spiro atoms. The Balaban J connectivity index is 2.66. The predicted molar refractivity (Wildman–Crippen MR) is 53.5 cm³/mol. The third-order valence-electron chi connectivity index (χ3n) is 2.94. The lowest BCUT2D eigenvalue weighted by molar-refractivity contribution is -0.162. The van der Waals surface area contributed by atoms with E-state index < -0.39 is 17.7 Å². The zero-order chi connectivity index (χ0) is 11.6. The second-order valence-electron chi connectivity index (χ2n) is 4.28. The van der Waals surface area contributed by atoms with E-state index in [9.17, 15) is 9.59 Å². The van der Waals surface area contributed by atoms with E-state index in [2.05, 4.69) is 0 Å². The van der Waals surface area contributed by atoms with Gasteiger partial charge in [-0.2, -0.15) is 0 Å². The summed E-state index contributed by atoms with van der Waals surface area (Å²) in [7, 11) is 0. The maximum atomic E-state index is 11.5. The zero-order valence-electron chi connectivity index (χ0n) is 9.32. The van der Waals surface area contributed by atoms with Crippen LogP contribution in [-0.2, 0) is 9.53 Å². The van der Waals surface area contributed by atoms with Gasteiger partial charge >= 0.3 is 12.1 Å². The van der Waals surface area contributed by atoms with Crippen LogP contribution in [-0.4, -0.2) is 40.8 Å². The molecule has 1 N–H and O–H groups in total. The fourth-order valence-corrected chi connectivity index (χ4v) is 1.15. The molecule has 0 radical (unpaired) electrons. The molecule has 1 atom stereocenters. The van der Waals surface area contributed by atoms with Gasteiger partial charge in [-0.3, -0.25) is 0 Å². The number of carboxylic acid groups (broad SMARTS) is 1. The molecule has 86 valence electrons. The van der Waals surface area contributed by atoms with Crippen molar-refractivity contribution >= 4 is 12.1 Å². The number of hydrogen-bond acceptors (Lipinski definition) is 3. The first-order valence-electron chi connectivity index (χ1n) is 5.09. The largest absolute Gasteiger partial charge is 0.478 e. The van der Waals surface area contributed by atoms with Crippen molar-refractivity contribution in [2.75, 3.05) is 13.1 Å².